The molecule has 1 heterocycles. The fourth-order valence-electron chi connectivity index (χ4n) is 4.65. The minimum Gasteiger partial charge on any atom is -0.497 e. The van der Waals surface area contributed by atoms with Crippen molar-refractivity contribution >= 4 is 63.8 Å². The Morgan fingerprint density at radius 3 is 2.12 bits per heavy atom. The molecule has 1 aromatic carbocycles. The quantitative estimate of drug-likeness (QED) is 0.0300. The lowest BCUT2D eigenvalue weighted by Gasteiger charge is -2.24. The third-order valence-corrected chi connectivity index (χ3v) is 8.68. The van der Waals surface area contributed by atoms with Gasteiger partial charge in [-0.1, -0.05) is 55.9 Å². The molecule has 11 N–H and O–H groups in total. The second kappa shape index (κ2) is 20.9. The van der Waals surface area contributed by atoms with Crippen LogP contribution >= 0.6 is 24.0 Å². The van der Waals surface area contributed by atoms with E-state index in [4.69, 9.17) is 39.9 Å². The van der Waals surface area contributed by atoms with Crippen molar-refractivity contribution in [3.8, 4) is 5.75 Å². The molecule has 1 saturated heterocycles. The van der Waals surface area contributed by atoms with E-state index in [1.54, 1.807) is 19.2 Å². The van der Waals surface area contributed by atoms with Crippen LogP contribution in [0.1, 0.15) is 63.9 Å². The van der Waals surface area contributed by atoms with E-state index in [0.717, 1.165) is 29.8 Å². The molecule has 48 heavy (non-hydrogen) atoms. The van der Waals surface area contributed by atoms with Crippen LogP contribution in [-0.2, 0) is 30.5 Å². The molecule has 5 amide bonds. The molecular formula is C31H47N9O6S2. The van der Waals surface area contributed by atoms with E-state index >= 15 is 0 Å². The number of methoxy groups -OCH3 is 1. The number of carbonyl (C=O) groups excluding carboxylic acids is 5. The maximum Gasteiger partial charge on any atom is 0.266 e. The summed E-state index contributed by atoms with van der Waals surface area (Å²) in [5.41, 5.74) is 22.8. The fraction of sp³-hybridized carbons (Fsp3) is 0.516. The van der Waals surface area contributed by atoms with Crippen LogP contribution < -0.4 is 43.6 Å². The summed E-state index contributed by atoms with van der Waals surface area (Å²) in [6.07, 6.45) is 4.70. The number of rotatable bonds is 21. The van der Waals surface area contributed by atoms with Crippen LogP contribution in [0.5, 0.6) is 5.75 Å². The number of hydrogen-bond donors (Lipinski definition) is 7. The van der Waals surface area contributed by atoms with E-state index in [2.05, 4.69) is 20.9 Å². The average Bonchev–Trinajstić information content (AvgIpc) is 3.30. The zero-order chi connectivity index (χ0) is 35.6. The first kappa shape index (κ1) is 40.0. The Morgan fingerprint density at radius 1 is 0.938 bits per heavy atom. The van der Waals surface area contributed by atoms with Crippen LogP contribution in [0.3, 0.4) is 0 Å². The maximum atomic E-state index is 13.6. The van der Waals surface area contributed by atoms with E-state index in [1.807, 2.05) is 19.1 Å². The molecule has 0 aromatic heterocycles. The van der Waals surface area contributed by atoms with Gasteiger partial charge in [-0.05, 0) is 62.8 Å². The number of nitrogens with one attached hydrogen (secondary N) is 3. The summed E-state index contributed by atoms with van der Waals surface area (Å²) in [7, 11) is 1.56. The Labute approximate surface area is 290 Å². The number of thioether (sulfide) groups is 1. The van der Waals surface area contributed by atoms with Crippen LogP contribution in [0.15, 0.2) is 40.2 Å². The third-order valence-electron chi connectivity index (χ3n) is 7.30. The number of aliphatic imine (C=N–C) groups is 1. The predicted molar refractivity (Wildman–Crippen MR) is 189 cm³/mol. The van der Waals surface area contributed by atoms with E-state index in [0.29, 0.717) is 44.4 Å². The third kappa shape index (κ3) is 13.5. The number of hydrogen-bond acceptors (Lipinski definition) is 10. The molecule has 1 aliphatic heterocycles. The van der Waals surface area contributed by atoms with Crippen molar-refractivity contribution in [3.63, 3.8) is 0 Å². The van der Waals surface area contributed by atoms with Gasteiger partial charge in [-0.25, -0.2) is 0 Å². The van der Waals surface area contributed by atoms with Gasteiger partial charge in [-0.15, -0.1) is 0 Å². The van der Waals surface area contributed by atoms with Crippen LogP contribution in [-0.4, -0.2) is 83.0 Å². The van der Waals surface area contributed by atoms with Gasteiger partial charge in [0.2, 0.25) is 23.6 Å². The number of thiocarbonyl (C=S) groups is 1. The summed E-state index contributed by atoms with van der Waals surface area (Å²) in [6, 6.07) is 4.10. The molecule has 1 aromatic rings. The minimum absolute atomic E-state index is 0.0919. The van der Waals surface area contributed by atoms with Gasteiger partial charge in [0, 0.05) is 12.6 Å². The number of carbonyl (C=O) groups is 5. The van der Waals surface area contributed by atoms with Crippen molar-refractivity contribution in [2.24, 2.45) is 27.9 Å². The van der Waals surface area contributed by atoms with Gasteiger partial charge >= 0.3 is 0 Å². The van der Waals surface area contributed by atoms with Crippen molar-refractivity contribution in [2.45, 2.75) is 83.0 Å². The number of unbranched alkanes of at least 4 members (excludes halogenated alkanes) is 2. The van der Waals surface area contributed by atoms with Crippen LogP contribution in [0, 0.1) is 0 Å². The molecular weight excluding hydrogens is 659 g/mol. The Hall–Kier alpha value is -4.22. The lowest BCUT2D eigenvalue weighted by molar-refractivity contribution is -0.133. The summed E-state index contributed by atoms with van der Waals surface area (Å²) in [5.74, 6) is -2.52. The lowest BCUT2D eigenvalue weighted by atomic mass is 10.0. The van der Waals surface area contributed by atoms with E-state index in [-0.39, 0.29) is 41.1 Å². The highest BCUT2D eigenvalue weighted by Crippen LogP contribution is 2.32. The molecule has 17 heteroatoms. The standard InChI is InChI=1S/C31H47N9O6S2/c1-3-4-8-21(26(33)42)38-28(44)23(9-5-6-15-32)39-27(43)22(10-7-16-36-30(34)35)37-25(41)17-24-29(45)40(31(47)48-24)18-19-11-13-20(46-2)14-12-19/h11-14,17,21-23H,3-10,15-16,18,32H2,1-2H3,(H2,33,42)(H,37,41)(H,38,44)(H,39,43)(H4,34,35,36)/b24-17-/t21-,22-,23-/m0/s1. The number of guanidine groups is 1. The average molecular weight is 706 g/mol. The summed E-state index contributed by atoms with van der Waals surface area (Å²) < 4.78 is 5.45. The van der Waals surface area contributed by atoms with E-state index in [1.165, 1.54) is 4.90 Å². The number of ether oxygens (including phenoxy) is 1. The molecule has 0 bridgehead atoms. The van der Waals surface area contributed by atoms with Crippen LogP contribution in [0.2, 0.25) is 0 Å². The van der Waals surface area contributed by atoms with Gasteiger partial charge in [0.25, 0.3) is 5.91 Å². The molecule has 0 saturated carbocycles. The van der Waals surface area contributed by atoms with E-state index in [9.17, 15) is 24.0 Å². The first-order valence-electron chi connectivity index (χ1n) is 15.7. The Bertz CT molecular complexity index is 1350. The number of benzene rings is 1. The van der Waals surface area contributed by atoms with Gasteiger partial charge in [0.05, 0.1) is 18.6 Å². The number of primary amides is 1. The SMILES string of the molecule is CCCC[C@H](NC(=O)[C@H](CCCCN)NC(=O)[C@H](CCCN=C(N)N)NC(=O)/C=C1\SC(=S)N(Cc2ccc(OC)cc2)C1=O)C(N)=O. The molecule has 0 radical (unpaired) electrons. The molecule has 1 fully saturated rings. The highest BCUT2D eigenvalue weighted by molar-refractivity contribution is 8.26. The minimum atomic E-state index is -1.12. The zero-order valence-electron chi connectivity index (χ0n) is 27.4. The Kier molecular flexibility index (Phi) is 17.4. The van der Waals surface area contributed by atoms with Crippen molar-refractivity contribution < 1.29 is 28.7 Å². The highest BCUT2D eigenvalue weighted by atomic mass is 32.2. The molecule has 0 unspecified atom stereocenters. The number of nitrogens with two attached hydrogens (primary N) is 4. The monoisotopic (exact) mass is 705 g/mol. The molecule has 2 rings (SSSR count). The summed E-state index contributed by atoms with van der Waals surface area (Å²) >= 11 is 6.37. The normalized spacial score (nSPS) is 15.4. The predicted octanol–water partition coefficient (Wildman–Crippen LogP) is 0.252. The topological polar surface area (TPSA) is 250 Å². The van der Waals surface area contributed by atoms with Gasteiger partial charge in [-0.2, -0.15) is 0 Å². The van der Waals surface area contributed by atoms with Crippen LogP contribution in [0.4, 0.5) is 0 Å². The van der Waals surface area contributed by atoms with Gasteiger partial charge in [0.15, 0.2) is 5.96 Å². The molecule has 0 spiro atoms. The lowest BCUT2D eigenvalue weighted by Crippen LogP contribution is -2.56. The maximum absolute atomic E-state index is 13.6. The largest absolute Gasteiger partial charge is 0.497 e. The van der Waals surface area contributed by atoms with Crippen molar-refractivity contribution in [1.82, 2.24) is 20.9 Å². The molecule has 264 valence electrons. The Balaban J connectivity index is 2.21. The summed E-state index contributed by atoms with van der Waals surface area (Å²) in [4.78, 5) is 70.5. The van der Waals surface area contributed by atoms with Gasteiger partial charge in [0.1, 0.15) is 28.2 Å². The summed E-state index contributed by atoms with van der Waals surface area (Å²) in [6.45, 7) is 2.72. The van der Waals surface area contributed by atoms with Gasteiger partial charge < -0.3 is 43.6 Å². The second-order valence-electron chi connectivity index (χ2n) is 11.1. The molecule has 0 aliphatic carbocycles. The first-order valence-corrected chi connectivity index (χ1v) is 17.0. The smallest absolute Gasteiger partial charge is 0.266 e. The van der Waals surface area contributed by atoms with Crippen LogP contribution in [0.25, 0.3) is 0 Å². The summed E-state index contributed by atoms with van der Waals surface area (Å²) in [5, 5.41) is 7.99. The molecule has 1 aliphatic rings. The van der Waals surface area contributed by atoms with Gasteiger partial charge in [-0.3, -0.25) is 33.9 Å². The van der Waals surface area contributed by atoms with E-state index < -0.39 is 47.7 Å². The molecule has 15 nitrogen and oxygen atoms in total. The van der Waals surface area contributed by atoms with Crippen molar-refractivity contribution in [2.75, 3.05) is 20.2 Å². The first-order chi connectivity index (χ1) is 22.9. The number of nitrogens with zero attached hydrogens (tertiary/aromatic N) is 2. The highest BCUT2D eigenvalue weighted by Gasteiger charge is 2.33. The number of amides is 5. The van der Waals surface area contributed by atoms with Crippen molar-refractivity contribution in [1.29, 1.82) is 0 Å². The Morgan fingerprint density at radius 2 is 1.54 bits per heavy atom. The second-order valence-corrected chi connectivity index (χ2v) is 12.8. The van der Waals surface area contributed by atoms with Crippen molar-refractivity contribution in [3.05, 3.63) is 40.8 Å². The zero-order valence-corrected chi connectivity index (χ0v) is 29.0. The molecule has 3 atom stereocenters. The fourth-order valence-corrected chi connectivity index (χ4v) is 5.88.